The summed E-state index contributed by atoms with van der Waals surface area (Å²) in [5.41, 5.74) is 2.94. The van der Waals surface area contributed by atoms with Gasteiger partial charge in [-0.2, -0.15) is 0 Å². The number of nitrogens with zero attached hydrogens (tertiary/aromatic N) is 1. The molecule has 17 heavy (non-hydrogen) atoms. The van der Waals surface area contributed by atoms with Gasteiger partial charge < -0.3 is 10.0 Å². The number of hydrogen-bond donors (Lipinski definition) is 1. The minimum Gasteiger partial charge on any atom is -0.386 e. The van der Waals surface area contributed by atoms with Crippen LogP contribution in [0.4, 0.5) is 5.69 Å². The van der Waals surface area contributed by atoms with E-state index in [-0.39, 0.29) is 0 Å². The van der Waals surface area contributed by atoms with Crippen molar-refractivity contribution in [2.75, 3.05) is 4.90 Å². The Labute approximate surface area is 104 Å². The van der Waals surface area contributed by atoms with E-state index in [9.17, 15) is 5.11 Å². The van der Waals surface area contributed by atoms with Gasteiger partial charge in [-0.1, -0.05) is 12.1 Å². The Balaban J connectivity index is 2.53. The lowest BCUT2D eigenvalue weighted by Gasteiger charge is -2.29. The van der Waals surface area contributed by atoms with Crippen molar-refractivity contribution in [2.24, 2.45) is 0 Å². The van der Waals surface area contributed by atoms with Crippen molar-refractivity contribution in [1.82, 2.24) is 0 Å². The van der Waals surface area contributed by atoms with Crippen LogP contribution in [0, 0.1) is 0 Å². The molecule has 1 N–H and O–H groups in total. The summed E-state index contributed by atoms with van der Waals surface area (Å²) in [6.45, 7) is 10.4. The van der Waals surface area contributed by atoms with E-state index >= 15 is 0 Å². The molecule has 0 aromatic heterocycles. The number of anilines is 1. The van der Waals surface area contributed by atoms with E-state index in [1.807, 2.05) is 13.8 Å². The summed E-state index contributed by atoms with van der Waals surface area (Å²) in [7, 11) is 0. The Hall–Kier alpha value is -1.02. The van der Waals surface area contributed by atoms with Crippen LogP contribution < -0.4 is 4.90 Å². The molecule has 1 heterocycles. The van der Waals surface area contributed by atoms with E-state index in [2.05, 4.69) is 43.9 Å². The van der Waals surface area contributed by atoms with Crippen LogP contribution in [0.5, 0.6) is 0 Å². The SMILES string of the molecule is CC(C)N1c2cccc(C(C)(C)O)c2CC1C. The second kappa shape index (κ2) is 4.02. The second-order valence-corrected chi connectivity index (χ2v) is 5.92. The molecule has 0 fully saturated rings. The predicted molar refractivity (Wildman–Crippen MR) is 72.5 cm³/mol. The van der Waals surface area contributed by atoms with Gasteiger partial charge in [0.05, 0.1) is 5.60 Å². The van der Waals surface area contributed by atoms with Gasteiger partial charge in [0, 0.05) is 17.8 Å². The van der Waals surface area contributed by atoms with Gasteiger partial charge in [0.2, 0.25) is 0 Å². The van der Waals surface area contributed by atoms with Crippen LogP contribution in [0.3, 0.4) is 0 Å². The fourth-order valence-corrected chi connectivity index (χ4v) is 3.02. The van der Waals surface area contributed by atoms with Crippen molar-refractivity contribution in [1.29, 1.82) is 0 Å². The average molecular weight is 233 g/mol. The molecule has 94 valence electrons. The van der Waals surface area contributed by atoms with Gasteiger partial charge in [-0.3, -0.25) is 0 Å². The van der Waals surface area contributed by atoms with Crippen molar-refractivity contribution in [3.05, 3.63) is 29.3 Å². The molecule has 2 rings (SSSR count). The van der Waals surface area contributed by atoms with Crippen LogP contribution in [-0.4, -0.2) is 17.2 Å². The first-order chi connectivity index (χ1) is 7.82. The largest absolute Gasteiger partial charge is 0.386 e. The monoisotopic (exact) mass is 233 g/mol. The molecule has 1 aromatic carbocycles. The van der Waals surface area contributed by atoms with Gasteiger partial charge in [0.15, 0.2) is 0 Å². The zero-order valence-electron chi connectivity index (χ0n) is 11.5. The standard InChI is InChI=1S/C15H23NO/c1-10(2)16-11(3)9-12-13(15(4,5)17)7-6-8-14(12)16/h6-8,10-11,17H,9H2,1-5H3. The number of hydrogen-bond acceptors (Lipinski definition) is 2. The van der Waals surface area contributed by atoms with Crippen LogP contribution in [0.1, 0.15) is 45.7 Å². The van der Waals surface area contributed by atoms with Crippen LogP contribution in [0.15, 0.2) is 18.2 Å². The molecule has 1 atom stereocenters. The van der Waals surface area contributed by atoms with Crippen molar-refractivity contribution < 1.29 is 5.11 Å². The van der Waals surface area contributed by atoms with E-state index in [1.54, 1.807) is 0 Å². The molecule has 0 saturated heterocycles. The highest BCUT2D eigenvalue weighted by Gasteiger charge is 2.32. The summed E-state index contributed by atoms with van der Waals surface area (Å²) in [6, 6.07) is 7.31. The molecule has 1 unspecified atom stereocenters. The Morgan fingerprint density at radius 3 is 2.53 bits per heavy atom. The number of benzene rings is 1. The van der Waals surface area contributed by atoms with E-state index in [4.69, 9.17) is 0 Å². The first kappa shape index (κ1) is 12.4. The molecule has 0 spiro atoms. The highest BCUT2D eigenvalue weighted by molar-refractivity contribution is 5.63. The van der Waals surface area contributed by atoms with Crippen LogP contribution in [0.2, 0.25) is 0 Å². The summed E-state index contributed by atoms with van der Waals surface area (Å²) >= 11 is 0. The van der Waals surface area contributed by atoms with E-state index in [0.717, 1.165) is 12.0 Å². The van der Waals surface area contributed by atoms with Crippen molar-refractivity contribution in [3.8, 4) is 0 Å². The summed E-state index contributed by atoms with van der Waals surface area (Å²) in [5, 5.41) is 10.2. The van der Waals surface area contributed by atoms with E-state index < -0.39 is 5.60 Å². The van der Waals surface area contributed by atoms with Crippen LogP contribution in [0.25, 0.3) is 0 Å². The normalized spacial score (nSPS) is 19.9. The van der Waals surface area contributed by atoms with Gasteiger partial charge in [-0.25, -0.2) is 0 Å². The second-order valence-electron chi connectivity index (χ2n) is 5.92. The molecule has 2 heteroatoms. The maximum absolute atomic E-state index is 10.2. The first-order valence-electron chi connectivity index (χ1n) is 6.45. The first-order valence-corrected chi connectivity index (χ1v) is 6.45. The fraction of sp³-hybridized carbons (Fsp3) is 0.600. The molecule has 1 aliphatic rings. The lowest BCUT2D eigenvalue weighted by molar-refractivity contribution is 0.0778. The van der Waals surface area contributed by atoms with Crippen LogP contribution >= 0.6 is 0 Å². The molecular formula is C15H23NO. The van der Waals surface area contributed by atoms with Gasteiger partial charge in [-0.05, 0) is 58.2 Å². The van der Waals surface area contributed by atoms with E-state index in [0.29, 0.717) is 12.1 Å². The summed E-state index contributed by atoms with van der Waals surface area (Å²) < 4.78 is 0. The fourth-order valence-electron chi connectivity index (χ4n) is 3.02. The Kier molecular flexibility index (Phi) is 2.94. The summed E-state index contributed by atoms with van der Waals surface area (Å²) in [5.74, 6) is 0. The summed E-state index contributed by atoms with van der Waals surface area (Å²) in [6.07, 6.45) is 1.04. The average Bonchev–Trinajstić information content (AvgIpc) is 2.51. The highest BCUT2D eigenvalue weighted by Crippen LogP contribution is 2.39. The van der Waals surface area contributed by atoms with Crippen molar-refractivity contribution in [2.45, 2.75) is 58.7 Å². The molecule has 1 aromatic rings. The number of rotatable bonds is 2. The molecule has 0 radical (unpaired) electrons. The molecule has 0 aliphatic carbocycles. The third-order valence-corrected chi connectivity index (χ3v) is 3.62. The van der Waals surface area contributed by atoms with Gasteiger partial charge in [0.1, 0.15) is 0 Å². The molecule has 0 amide bonds. The van der Waals surface area contributed by atoms with Gasteiger partial charge in [0.25, 0.3) is 0 Å². The third kappa shape index (κ3) is 2.06. The molecule has 0 saturated carbocycles. The molecule has 1 aliphatic heterocycles. The number of aliphatic hydroxyl groups is 1. The Bertz CT molecular complexity index is 417. The van der Waals surface area contributed by atoms with Crippen LogP contribution in [-0.2, 0) is 12.0 Å². The maximum atomic E-state index is 10.2. The Morgan fingerprint density at radius 1 is 1.35 bits per heavy atom. The zero-order valence-corrected chi connectivity index (χ0v) is 11.5. The molecule has 2 nitrogen and oxygen atoms in total. The van der Waals surface area contributed by atoms with Gasteiger partial charge >= 0.3 is 0 Å². The topological polar surface area (TPSA) is 23.5 Å². The third-order valence-electron chi connectivity index (χ3n) is 3.62. The maximum Gasteiger partial charge on any atom is 0.0843 e. The minimum atomic E-state index is -0.752. The zero-order chi connectivity index (χ0) is 12.8. The van der Waals surface area contributed by atoms with E-state index in [1.165, 1.54) is 11.3 Å². The lowest BCUT2D eigenvalue weighted by atomic mass is 9.91. The predicted octanol–water partition coefficient (Wildman–Crippen LogP) is 3.07. The molecule has 0 bridgehead atoms. The van der Waals surface area contributed by atoms with Crippen molar-refractivity contribution in [3.63, 3.8) is 0 Å². The lowest BCUT2D eigenvalue weighted by Crippen LogP contribution is -2.35. The van der Waals surface area contributed by atoms with Crippen molar-refractivity contribution >= 4 is 5.69 Å². The Morgan fingerprint density at radius 2 is 2.00 bits per heavy atom. The quantitative estimate of drug-likeness (QED) is 0.848. The summed E-state index contributed by atoms with van der Waals surface area (Å²) in [4.78, 5) is 2.45. The highest BCUT2D eigenvalue weighted by atomic mass is 16.3. The molecular weight excluding hydrogens is 210 g/mol. The number of fused-ring (bicyclic) bond motifs is 1. The minimum absolute atomic E-state index is 0.503. The smallest absolute Gasteiger partial charge is 0.0843 e. The van der Waals surface area contributed by atoms with Gasteiger partial charge in [-0.15, -0.1) is 0 Å².